The quantitative estimate of drug-likeness (QED) is 0.441. The Hall–Kier alpha value is -3.50. The molecule has 0 unspecified atom stereocenters. The van der Waals surface area contributed by atoms with Crippen LogP contribution < -0.4 is 16.4 Å². The highest BCUT2D eigenvalue weighted by Crippen LogP contribution is 2.36. The monoisotopic (exact) mass is 484 g/mol. The van der Waals surface area contributed by atoms with E-state index in [-0.39, 0.29) is 12.5 Å². The molecule has 33 heavy (non-hydrogen) atoms. The maximum atomic E-state index is 12.1. The number of anilines is 1. The molecule has 0 spiro atoms. The SMILES string of the molecule is CC1(C)C(=O)NC(=O)N1CCNc1ncc(-c2cccc(C(N)=O)c2)c(-c2ccc(Cl)s2)n1. The second-order valence-electron chi connectivity index (χ2n) is 7.90. The molecule has 0 bridgehead atoms. The van der Waals surface area contributed by atoms with Crippen LogP contribution in [0.1, 0.15) is 24.2 Å². The zero-order valence-corrected chi connectivity index (χ0v) is 19.5. The predicted octanol–water partition coefficient (Wildman–Crippen LogP) is 3.37. The molecule has 0 atom stereocenters. The van der Waals surface area contributed by atoms with E-state index in [2.05, 4.69) is 20.6 Å². The van der Waals surface area contributed by atoms with Crippen LogP contribution in [0.5, 0.6) is 0 Å². The first kappa shape index (κ1) is 22.7. The predicted molar refractivity (Wildman–Crippen MR) is 127 cm³/mol. The van der Waals surface area contributed by atoms with Crippen LogP contribution in [-0.2, 0) is 4.79 Å². The summed E-state index contributed by atoms with van der Waals surface area (Å²) in [5, 5.41) is 5.43. The zero-order chi connectivity index (χ0) is 23.8. The Morgan fingerprint density at radius 3 is 2.70 bits per heavy atom. The molecule has 1 aromatic carbocycles. The minimum absolute atomic E-state index is 0.288. The number of nitrogens with two attached hydrogens (primary N) is 1. The third-order valence-electron chi connectivity index (χ3n) is 5.37. The molecule has 2 aromatic heterocycles. The van der Waals surface area contributed by atoms with E-state index in [0.717, 1.165) is 10.4 Å². The third kappa shape index (κ3) is 4.53. The molecule has 4 amide bonds. The Kier molecular flexibility index (Phi) is 6.05. The number of carbonyl (C=O) groups is 3. The highest BCUT2D eigenvalue weighted by Gasteiger charge is 2.45. The molecule has 1 fully saturated rings. The Morgan fingerprint density at radius 1 is 1.27 bits per heavy atom. The van der Waals surface area contributed by atoms with Gasteiger partial charge in [-0.2, -0.15) is 0 Å². The molecular weight excluding hydrogens is 464 g/mol. The number of primary amides is 1. The molecule has 11 heteroatoms. The number of imide groups is 1. The van der Waals surface area contributed by atoms with Gasteiger partial charge >= 0.3 is 6.03 Å². The van der Waals surface area contributed by atoms with Gasteiger partial charge < -0.3 is 16.0 Å². The fourth-order valence-corrected chi connectivity index (χ4v) is 4.55. The molecule has 1 aliphatic heterocycles. The van der Waals surface area contributed by atoms with Crippen LogP contribution in [0.15, 0.2) is 42.6 Å². The van der Waals surface area contributed by atoms with E-state index in [1.165, 1.54) is 16.2 Å². The number of nitrogens with one attached hydrogen (secondary N) is 2. The highest BCUT2D eigenvalue weighted by atomic mass is 35.5. The highest BCUT2D eigenvalue weighted by molar-refractivity contribution is 7.19. The van der Waals surface area contributed by atoms with Crippen LogP contribution in [0.4, 0.5) is 10.7 Å². The number of aromatic nitrogens is 2. The second kappa shape index (κ2) is 8.80. The first-order chi connectivity index (χ1) is 15.7. The van der Waals surface area contributed by atoms with Crippen molar-refractivity contribution in [2.75, 3.05) is 18.4 Å². The van der Waals surface area contributed by atoms with E-state index in [9.17, 15) is 14.4 Å². The average molecular weight is 485 g/mol. The average Bonchev–Trinajstić information content (AvgIpc) is 3.29. The van der Waals surface area contributed by atoms with Gasteiger partial charge in [-0.15, -0.1) is 11.3 Å². The van der Waals surface area contributed by atoms with Gasteiger partial charge in [0, 0.05) is 30.4 Å². The number of carbonyl (C=O) groups excluding carboxylic acids is 3. The Bertz CT molecular complexity index is 1260. The van der Waals surface area contributed by atoms with Crippen LogP contribution in [0, 0.1) is 0 Å². The van der Waals surface area contributed by atoms with Crippen molar-refractivity contribution < 1.29 is 14.4 Å². The molecule has 0 aliphatic carbocycles. The van der Waals surface area contributed by atoms with Gasteiger partial charge in [0.15, 0.2) is 0 Å². The van der Waals surface area contributed by atoms with Gasteiger partial charge in [-0.05, 0) is 43.7 Å². The molecule has 4 rings (SSSR count). The summed E-state index contributed by atoms with van der Waals surface area (Å²) < 4.78 is 0.613. The van der Waals surface area contributed by atoms with Crippen molar-refractivity contribution in [1.29, 1.82) is 0 Å². The molecule has 1 aliphatic rings. The Morgan fingerprint density at radius 2 is 2.06 bits per heavy atom. The van der Waals surface area contributed by atoms with Gasteiger partial charge in [-0.1, -0.05) is 23.7 Å². The van der Waals surface area contributed by atoms with Crippen molar-refractivity contribution in [1.82, 2.24) is 20.2 Å². The van der Waals surface area contributed by atoms with E-state index in [4.69, 9.17) is 17.3 Å². The zero-order valence-electron chi connectivity index (χ0n) is 17.9. The molecule has 1 saturated heterocycles. The molecule has 9 nitrogen and oxygen atoms in total. The van der Waals surface area contributed by atoms with Gasteiger partial charge in [0.1, 0.15) is 5.54 Å². The summed E-state index contributed by atoms with van der Waals surface area (Å²) in [5.74, 6) is -0.500. The number of rotatable bonds is 7. The smallest absolute Gasteiger partial charge is 0.325 e. The number of benzene rings is 1. The number of hydrogen-bond donors (Lipinski definition) is 3. The number of nitrogens with zero attached hydrogens (tertiary/aromatic N) is 3. The molecule has 3 heterocycles. The minimum Gasteiger partial charge on any atom is -0.366 e. The first-order valence-electron chi connectivity index (χ1n) is 10.1. The van der Waals surface area contributed by atoms with Gasteiger partial charge in [0.25, 0.3) is 5.91 Å². The van der Waals surface area contributed by atoms with Crippen LogP contribution in [0.3, 0.4) is 0 Å². The number of halogens is 1. The summed E-state index contributed by atoms with van der Waals surface area (Å²) in [4.78, 5) is 47.0. The van der Waals surface area contributed by atoms with Crippen molar-refractivity contribution >= 4 is 46.7 Å². The van der Waals surface area contributed by atoms with Crippen molar-refractivity contribution in [3.63, 3.8) is 0 Å². The summed E-state index contributed by atoms with van der Waals surface area (Å²) in [7, 11) is 0. The van der Waals surface area contributed by atoms with Crippen LogP contribution >= 0.6 is 22.9 Å². The summed E-state index contributed by atoms with van der Waals surface area (Å²) in [5.41, 5.74) is 6.99. The fraction of sp³-hybridized carbons (Fsp3) is 0.227. The van der Waals surface area contributed by atoms with Crippen LogP contribution in [-0.4, -0.2) is 51.3 Å². The summed E-state index contributed by atoms with van der Waals surface area (Å²) in [6, 6.07) is 10.2. The second-order valence-corrected chi connectivity index (χ2v) is 9.62. The lowest BCUT2D eigenvalue weighted by Gasteiger charge is -2.27. The summed E-state index contributed by atoms with van der Waals surface area (Å²) in [6.07, 6.45) is 1.66. The van der Waals surface area contributed by atoms with Crippen molar-refractivity contribution in [2.24, 2.45) is 5.73 Å². The van der Waals surface area contributed by atoms with Crippen molar-refractivity contribution in [3.05, 3.63) is 52.5 Å². The van der Waals surface area contributed by atoms with E-state index in [1.54, 1.807) is 44.3 Å². The number of amides is 4. The number of thiophene rings is 1. The lowest BCUT2D eigenvalue weighted by Crippen LogP contribution is -2.46. The van der Waals surface area contributed by atoms with E-state index >= 15 is 0 Å². The standard InChI is InChI=1S/C22H21ClN6O3S/c1-22(2)19(31)28-21(32)29(22)9-8-25-20-26-11-14(12-4-3-5-13(10-12)18(24)30)17(27-20)15-6-7-16(23)33-15/h3-7,10-11H,8-9H2,1-2H3,(H2,24,30)(H,25,26,27)(H,28,31,32). The topological polar surface area (TPSA) is 130 Å². The third-order valence-corrected chi connectivity index (χ3v) is 6.61. The molecule has 170 valence electrons. The number of hydrogen-bond acceptors (Lipinski definition) is 7. The molecule has 4 N–H and O–H groups in total. The maximum absolute atomic E-state index is 12.1. The largest absolute Gasteiger partial charge is 0.366 e. The van der Waals surface area contributed by atoms with E-state index in [0.29, 0.717) is 33.7 Å². The van der Waals surface area contributed by atoms with Crippen molar-refractivity contribution in [2.45, 2.75) is 19.4 Å². The minimum atomic E-state index is -0.923. The molecule has 0 saturated carbocycles. The van der Waals surface area contributed by atoms with Crippen LogP contribution in [0.2, 0.25) is 4.34 Å². The summed E-state index contributed by atoms with van der Waals surface area (Å²) in [6.45, 7) is 4.01. The van der Waals surface area contributed by atoms with Crippen LogP contribution in [0.25, 0.3) is 21.7 Å². The van der Waals surface area contributed by atoms with Gasteiger partial charge in [-0.25, -0.2) is 14.8 Å². The first-order valence-corrected chi connectivity index (χ1v) is 11.3. The Labute approximate surface area is 199 Å². The maximum Gasteiger partial charge on any atom is 0.325 e. The molecule has 0 radical (unpaired) electrons. The van der Waals surface area contributed by atoms with Crippen molar-refractivity contribution in [3.8, 4) is 21.7 Å². The Balaban J connectivity index is 1.61. The van der Waals surface area contributed by atoms with E-state index < -0.39 is 17.5 Å². The lowest BCUT2D eigenvalue weighted by atomic mass is 10.0. The lowest BCUT2D eigenvalue weighted by molar-refractivity contribution is -0.125. The molecular formula is C22H21ClN6O3S. The van der Waals surface area contributed by atoms with Gasteiger partial charge in [-0.3, -0.25) is 14.9 Å². The van der Waals surface area contributed by atoms with E-state index in [1.807, 2.05) is 12.1 Å². The van der Waals surface area contributed by atoms with Gasteiger partial charge in [0.2, 0.25) is 11.9 Å². The normalized spacial score (nSPS) is 14.9. The summed E-state index contributed by atoms with van der Waals surface area (Å²) >= 11 is 7.52. The fourth-order valence-electron chi connectivity index (χ4n) is 3.50. The molecule has 3 aromatic rings. The van der Waals surface area contributed by atoms with Gasteiger partial charge in [0.05, 0.1) is 14.9 Å². The number of urea groups is 1.